The zero-order chi connectivity index (χ0) is 29.9. The minimum Gasteiger partial charge on any atom is -0.461 e. The van der Waals surface area contributed by atoms with E-state index >= 15 is 0 Å². The maximum atomic E-state index is 13.0. The molecule has 0 heterocycles. The van der Waals surface area contributed by atoms with Gasteiger partial charge in [-0.25, -0.2) is 9.59 Å². The van der Waals surface area contributed by atoms with Crippen LogP contribution in [0.4, 0.5) is 4.79 Å². The monoisotopic (exact) mass is 585 g/mol. The number of benzene rings is 4. The molecule has 216 valence electrons. The molecule has 9 heteroatoms. The van der Waals surface area contributed by atoms with Crippen molar-refractivity contribution < 1.29 is 31.7 Å². The minimum absolute atomic E-state index is 0.0208. The predicted octanol–water partition coefficient (Wildman–Crippen LogP) is 6.29. The summed E-state index contributed by atoms with van der Waals surface area (Å²) in [5.41, 5.74) is 5.63. The van der Waals surface area contributed by atoms with E-state index in [1.54, 1.807) is 26.0 Å². The lowest BCUT2D eigenvalue weighted by Gasteiger charge is -2.21. The largest absolute Gasteiger partial charge is 0.461 e. The van der Waals surface area contributed by atoms with Crippen LogP contribution in [0.3, 0.4) is 0 Å². The molecule has 0 bridgehead atoms. The minimum atomic E-state index is -4.05. The summed E-state index contributed by atoms with van der Waals surface area (Å²) in [6.45, 7) is 5.34. The van der Waals surface area contributed by atoms with E-state index in [9.17, 15) is 18.0 Å². The highest BCUT2D eigenvalue weighted by molar-refractivity contribution is 7.87. The summed E-state index contributed by atoms with van der Waals surface area (Å²) in [7, 11) is -4.05. The third-order valence-corrected chi connectivity index (χ3v) is 8.18. The molecule has 0 saturated carbocycles. The summed E-state index contributed by atoms with van der Waals surface area (Å²) in [6.07, 6.45) is -1.21. The zero-order valence-corrected chi connectivity index (χ0v) is 24.3. The maximum absolute atomic E-state index is 13.0. The average molecular weight is 586 g/mol. The summed E-state index contributed by atoms with van der Waals surface area (Å²) < 4.78 is 41.6. The molecule has 0 spiro atoms. The van der Waals surface area contributed by atoms with Gasteiger partial charge in [0.25, 0.3) is 0 Å². The van der Waals surface area contributed by atoms with Crippen LogP contribution in [0.1, 0.15) is 48.1 Å². The Balaban J connectivity index is 1.30. The molecule has 4 aromatic rings. The van der Waals surface area contributed by atoms with Gasteiger partial charge in [-0.05, 0) is 72.9 Å². The lowest BCUT2D eigenvalue weighted by molar-refractivity contribution is -0.150. The van der Waals surface area contributed by atoms with E-state index in [2.05, 4.69) is 5.32 Å². The molecule has 1 aliphatic rings. The smallest absolute Gasteiger partial charge is 0.408 e. The molecule has 1 N–H and O–H groups in total. The Labute approximate surface area is 245 Å². The first kappa shape index (κ1) is 28.9. The fourth-order valence-electron chi connectivity index (χ4n) is 4.93. The molecule has 4 aromatic carbocycles. The van der Waals surface area contributed by atoms with Crippen LogP contribution in [0.2, 0.25) is 0 Å². The summed E-state index contributed by atoms with van der Waals surface area (Å²) >= 11 is 0. The highest BCUT2D eigenvalue weighted by Gasteiger charge is 2.31. The molecule has 0 radical (unpaired) electrons. The summed E-state index contributed by atoms with van der Waals surface area (Å²) in [6, 6.07) is 26.9. The Kier molecular flexibility index (Phi) is 8.31. The molecule has 42 heavy (non-hydrogen) atoms. The molecule has 1 amide bonds. The van der Waals surface area contributed by atoms with E-state index in [1.807, 2.05) is 55.5 Å². The van der Waals surface area contributed by atoms with Gasteiger partial charge in [-0.1, -0.05) is 78.4 Å². The van der Waals surface area contributed by atoms with Gasteiger partial charge in [0, 0.05) is 5.92 Å². The highest BCUT2D eigenvalue weighted by Crippen LogP contribution is 2.44. The number of hydrogen-bond donors (Lipinski definition) is 1. The van der Waals surface area contributed by atoms with E-state index in [0.717, 1.165) is 27.8 Å². The first-order valence-electron chi connectivity index (χ1n) is 13.6. The molecule has 1 unspecified atom stereocenters. The molecule has 0 saturated heterocycles. The summed E-state index contributed by atoms with van der Waals surface area (Å²) in [4.78, 5) is 26.0. The van der Waals surface area contributed by atoms with Gasteiger partial charge >= 0.3 is 22.2 Å². The van der Waals surface area contributed by atoms with Crippen molar-refractivity contribution in [3.05, 3.63) is 119 Å². The third-order valence-electron chi connectivity index (χ3n) is 6.92. The Hall–Kier alpha value is -4.63. The normalized spacial score (nSPS) is 13.1. The van der Waals surface area contributed by atoms with Gasteiger partial charge in [0.1, 0.15) is 17.3 Å². The number of hydrogen-bond acceptors (Lipinski definition) is 7. The molecule has 1 aliphatic carbocycles. The van der Waals surface area contributed by atoms with E-state index in [1.165, 1.54) is 36.4 Å². The number of carbonyl (C=O) groups is 2. The fraction of sp³-hybridized carbons (Fsp3) is 0.212. The second-order valence-electron chi connectivity index (χ2n) is 10.3. The number of ether oxygens (including phenoxy) is 2. The molecule has 1 atom stereocenters. The van der Waals surface area contributed by atoms with Crippen LogP contribution in [0, 0.1) is 6.92 Å². The summed E-state index contributed by atoms with van der Waals surface area (Å²) in [5.74, 6) is -0.771. The lowest BCUT2D eigenvalue weighted by Crippen LogP contribution is -2.36. The quantitative estimate of drug-likeness (QED) is 0.182. The van der Waals surface area contributed by atoms with Crippen LogP contribution < -0.4 is 9.50 Å². The van der Waals surface area contributed by atoms with Crippen molar-refractivity contribution in [2.24, 2.45) is 0 Å². The average Bonchev–Trinajstić information content (AvgIpc) is 3.28. The van der Waals surface area contributed by atoms with Crippen molar-refractivity contribution >= 4 is 22.2 Å². The first-order chi connectivity index (χ1) is 20.1. The molecule has 0 aromatic heterocycles. The fourth-order valence-corrected chi connectivity index (χ4v) is 5.86. The number of alkyl carbamates (subject to hydrolysis) is 1. The Morgan fingerprint density at radius 2 is 1.38 bits per heavy atom. The second-order valence-corrected chi connectivity index (χ2v) is 11.9. The van der Waals surface area contributed by atoms with Crippen molar-refractivity contribution in [2.45, 2.75) is 43.7 Å². The van der Waals surface area contributed by atoms with Gasteiger partial charge < -0.3 is 19.0 Å². The Bertz CT molecular complexity index is 1650. The standard InChI is InChI=1S/C33H31NO7S/c1-21(2)40-32(35)31(23-14-16-24(17-15-23)41-42(37,38)25-18-12-22(3)13-19-25)34-33(36)39-20-30-28-10-6-4-8-26(28)27-9-5-7-11-29(27)30/h4-19,21,30-31H,20H2,1-3H3,(H,34,36). The summed E-state index contributed by atoms with van der Waals surface area (Å²) in [5, 5.41) is 2.61. The molecule has 5 rings (SSSR count). The van der Waals surface area contributed by atoms with Gasteiger partial charge in [-0.2, -0.15) is 8.42 Å². The first-order valence-corrected chi connectivity index (χ1v) is 15.0. The number of nitrogens with one attached hydrogen (secondary N) is 1. The third kappa shape index (κ3) is 6.31. The maximum Gasteiger partial charge on any atom is 0.408 e. The molecule has 0 aliphatic heterocycles. The highest BCUT2D eigenvalue weighted by atomic mass is 32.2. The lowest BCUT2D eigenvalue weighted by atomic mass is 9.98. The molecule has 0 fully saturated rings. The molecule has 8 nitrogen and oxygen atoms in total. The van der Waals surface area contributed by atoms with Gasteiger partial charge in [-0.3, -0.25) is 0 Å². The van der Waals surface area contributed by atoms with E-state index < -0.39 is 34.3 Å². The van der Waals surface area contributed by atoms with Gasteiger partial charge in [0.05, 0.1) is 6.10 Å². The number of carbonyl (C=O) groups excluding carboxylic acids is 2. The SMILES string of the molecule is Cc1ccc(S(=O)(=O)Oc2ccc(C(NC(=O)OCC3c4ccccc4-c4ccccc43)C(=O)OC(C)C)cc2)cc1. The van der Waals surface area contributed by atoms with Gasteiger partial charge in [-0.15, -0.1) is 0 Å². The van der Waals surface area contributed by atoms with E-state index in [-0.39, 0.29) is 23.2 Å². The Morgan fingerprint density at radius 3 is 1.95 bits per heavy atom. The second kappa shape index (κ2) is 12.1. The van der Waals surface area contributed by atoms with Crippen molar-refractivity contribution in [1.29, 1.82) is 0 Å². The van der Waals surface area contributed by atoms with Crippen LogP contribution in [0.25, 0.3) is 11.1 Å². The Morgan fingerprint density at radius 1 is 0.810 bits per heavy atom. The molecular formula is C33H31NO7S. The van der Waals surface area contributed by atoms with E-state index in [4.69, 9.17) is 13.7 Å². The zero-order valence-electron chi connectivity index (χ0n) is 23.4. The van der Waals surface area contributed by atoms with Gasteiger partial charge in [0.15, 0.2) is 6.04 Å². The van der Waals surface area contributed by atoms with Crippen LogP contribution >= 0.6 is 0 Å². The van der Waals surface area contributed by atoms with Crippen LogP contribution in [-0.4, -0.2) is 33.2 Å². The van der Waals surface area contributed by atoms with Crippen LogP contribution in [-0.2, 0) is 24.4 Å². The van der Waals surface area contributed by atoms with E-state index in [0.29, 0.717) is 5.56 Å². The van der Waals surface area contributed by atoms with Crippen LogP contribution in [0.5, 0.6) is 5.75 Å². The van der Waals surface area contributed by atoms with Crippen molar-refractivity contribution in [3.63, 3.8) is 0 Å². The number of fused-ring (bicyclic) bond motifs is 3. The van der Waals surface area contributed by atoms with Crippen LogP contribution in [0.15, 0.2) is 102 Å². The number of amides is 1. The topological polar surface area (TPSA) is 108 Å². The van der Waals surface area contributed by atoms with Crippen molar-refractivity contribution in [2.75, 3.05) is 6.61 Å². The number of esters is 1. The van der Waals surface area contributed by atoms with Crippen molar-refractivity contribution in [1.82, 2.24) is 5.32 Å². The van der Waals surface area contributed by atoms with Gasteiger partial charge in [0.2, 0.25) is 0 Å². The van der Waals surface area contributed by atoms with Crippen molar-refractivity contribution in [3.8, 4) is 16.9 Å². The molecular weight excluding hydrogens is 554 g/mol. The number of rotatable bonds is 9. The predicted molar refractivity (Wildman–Crippen MR) is 158 cm³/mol. The number of aryl methyl sites for hydroxylation is 1.